The number of methoxy groups -OCH3 is 1. The minimum absolute atomic E-state index is 0.208. The molecule has 1 unspecified atom stereocenters. The number of fused-ring (bicyclic) bond motifs is 1. The molecule has 2 rings (SSSR count). The van der Waals surface area contributed by atoms with Gasteiger partial charge in [0, 0.05) is 6.54 Å². The topological polar surface area (TPSA) is 98.9 Å². The van der Waals surface area contributed by atoms with Gasteiger partial charge >= 0.3 is 5.97 Å². The molecule has 100 valence electrons. The van der Waals surface area contributed by atoms with Crippen LogP contribution in [0.2, 0.25) is 0 Å². The molecule has 0 fully saturated rings. The summed E-state index contributed by atoms with van der Waals surface area (Å²) in [4.78, 5) is 40.3. The highest BCUT2D eigenvalue weighted by atomic mass is 16.7. The highest BCUT2D eigenvalue weighted by molar-refractivity contribution is 6.20. The van der Waals surface area contributed by atoms with Gasteiger partial charge in [-0.05, 0) is 12.1 Å². The number of hydrogen-bond donors (Lipinski definition) is 1. The third kappa shape index (κ3) is 2.20. The highest BCUT2D eigenvalue weighted by Gasteiger charge is 2.39. The Balaban J connectivity index is 2.22. The van der Waals surface area contributed by atoms with E-state index in [1.54, 1.807) is 12.1 Å². The zero-order valence-electron chi connectivity index (χ0n) is 10.2. The van der Waals surface area contributed by atoms with Crippen LogP contribution in [0.1, 0.15) is 20.7 Å². The van der Waals surface area contributed by atoms with Gasteiger partial charge in [0.25, 0.3) is 11.8 Å². The van der Waals surface area contributed by atoms with Crippen LogP contribution in [0.3, 0.4) is 0 Å². The molecule has 0 aromatic heterocycles. The summed E-state index contributed by atoms with van der Waals surface area (Å²) < 4.78 is 4.47. The maximum absolute atomic E-state index is 12.0. The van der Waals surface area contributed by atoms with Crippen molar-refractivity contribution in [2.45, 2.75) is 6.10 Å². The van der Waals surface area contributed by atoms with Gasteiger partial charge in [0.15, 0.2) is 6.10 Å². The van der Waals surface area contributed by atoms with Crippen molar-refractivity contribution in [3.63, 3.8) is 0 Å². The van der Waals surface area contributed by atoms with Crippen molar-refractivity contribution in [3.8, 4) is 0 Å². The van der Waals surface area contributed by atoms with Crippen LogP contribution in [0, 0.1) is 0 Å². The minimum atomic E-state index is -1.20. The number of imide groups is 1. The van der Waals surface area contributed by atoms with E-state index in [0.29, 0.717) is 5.06 Å². The van der Waals surface area contributed by atoms with Crippen LogP contribution in [0.15, 0.2) is 24.3 Å². The number of benzene rings is 1. The van der Waals surface area contributed by atoms with Crippen LogP contribution in [0.5, 0.6) is 0 Å². The Hall–Kier alpha value is -2.25. The summed E-state index contributed by atoms with van der Waals surface area (Å²) in [7, 11) is 1.16. The number of carbonyl (C=O) groups excluding carboxylic acids is 3. The van der Waals surface area contributed by atoms with Crippen LogP contribution >= 0.6 is 0 Å². The fourth-order valence-electron chi connectivity index (χ4n) is 1.70. The van der Waals surface area contributed by atoms with Crippen LogP contribution in [-0.4, -0.2) is 42.6 Å². The molecule has 1 atom stereocenters. The summed E-state index contributed by atoms with van der Waals surface area (Å²) >= 11 is 0. The number of nitrogens with zero attached hydrogens (tertiary/aromatic N) is 1. The van der Waals surface area contributed by atoms with Crippen LogP contribution < -0.4 is 5.73 Å². The lowest BCUT2D eigenvalue weighted by molar-refractivity contribution is -0.175. The number of rotatable bonds is 4. The van der Waals surface area contributed by atoms with Gasteiger partial charge in [-0.25, -0.2) is 9.63 Å². The van der Waals surface area contributed by atoms with Gasteiger partial charge in [-0.3, -0.25) is 9.59 Å². The largest absolute Gasteiger partial charge is 0.467 e. The Morgan fingerprint density at radius 3 is 2.21 bits per heavy atom. The van der Waals surface area contributed by atoms with Crippen molar-refractivity contribution in [1.82, 2.24) is 5.06 Å². The van der Waals surface area contributed by atoms with Gasteiger partial charge < -0.3 is 10.5 Å². The zero-order valence-corrected chi connectivity index (χ0v) is 10.2. The van der Waals surface area contributed by atoms with Crippen LogP contribution in [0.4, 0.5) is 0 Å². The van der Waals surface area contributed by atoms with E-state index in [-0.39, 0.29) is 17.7 Å². The molecule has 7 heteroatoms. The third-order valence-corrected chi connectivity index (χ3v) is 2.67. The molecule has 1 aliphatic heterocycles. The molecule has 0 radical (unpaired) electrons. The van der Waals surface area contributed by atoms with E-state index in [4.69, 9.17) is 10.6 Å². The summed E-state index contributed by atoms with van der Waals surface area (Å²) in [6, 6.07) is 6.28. The fraction of sp³-hybridized carbons (Fsp3) is 0.250. The van der Waals surface area contributed by atoms with Gasteiger partial charge in [-0.1, -0.05) is 12.1 Å². The lowest BCUT2D eigenvalue weighted by Crippen LogP contribution is -2.42. The number of ether oxygens (including phenoxy) is 1. The Morgan fingerprint density at radius 1 is 1.26 bits per heavy atom. The minimum Gasteiger partial charge on any atom is -0.467 e. The fourth-order valence-corrected chi connectivity index (χ4v) is 1.70. The second kappa shape index (κ2) is 5.17. The van der Waals surface area contributed by atoms with Crippen molar-refractivity contribution in [3.05, 3.63) is 35.4 Å². The van der Waals surface area contributed by atoms with Gasteiger partial charge in [0.1, 0.15) is 0 Å². The summed E-state index contributed by atoms with van der Waals surface area (Å²) in [5.41, 5.74) is 5.81. The second-order valence-corrected chi connectivity index (χ2v) is 3.80. The van der Waals surface area contributed by atoms with E-state index in [1.165, 1.54) is 12.1 Å². The monoisotopic (exact) mass is 264 g/mol. The smallest absolute Gasteiger partial charge is 0.339 e. The van der Waals surface area contributed by atoms with E-state index in [2.05, 4.69) is 4.74 Å². The predicted octanol–water partition coefficient (Wildman–Crippen LogP) is -0.286. The number of nitrogens with two attached hydrogens (primary N) is 1. The molecule has 1 aromatic rings. The molecule has 7 nitrogen and oxygen atoms in total. The van der Waals surface area contributed by atoms with Crippen molar-refractivity contribution >= 4 is 17.8 Å². The van der Waals surface area contributed by atoms with E-state index < -0.39 is 23.9 Å². The summed E-state index contributed by atoms with van der Waals surface area (Å²) in [5.74, 6) is -2.00. The molecule has 19 heavy (non-hydrogen) atoms. The maximum Gasteiger partial charge on any atom is 0.339 e. The number of hydroxylamine groups is 2. The van der Waals surface area contributed by atoms with Crippen molar-refractivity contribution < 1.29 is 24.0 Å². The van der Waals surface area contributed by atoms with Crippen LogP contribution in [0.25, 0.3) is 0 Å². The average Bonchev–Trinajstić information content (AvgIpc) is 2.68. The first-order valence-corrected chi connectivity index (χ1v) is 5.52. The first-order valence-electron chi connectivity index (χ1n) is 5.52. The van der Waals surface area contributed by atoms with Gasteiger partial charge in [0.2, 0.25) is 0 Å². The lowest BCUT2D eigenvalue weighted by atomic mass is 10.1. The van der Waals surface area contributed by atoms with E-state index in [9.17, 15) is 14.4 Å². The maximum atomic E-state index is 12.0. The molecule has 2 amide bonds. The standard InChI is InChI=1S/C12H12N2O5/c1-18-12(17)9(6-13)19-14-10(15)7-4-2-3-5-8(7)11(14)16/h2-5,9H,6,13H2,1H3. The Kier molecular flexibility index (Phi) is 3.59. The second-order valence-electron chi connectivity index (χ2n) is 3.80. The molecular formula is C12H12N2O5. The number of amides is 2. The normalized spacial score (nSPS) is 15.4. The highest BCUT2D eigenvalue weighted by Crippen LogP contribution is 2.23. The molecular weight excluding hydrogens is 252 g/mol. The van der Waals surface area contributed by atoms with Gasteiger partial charge in [-0.15, -0.1) is 5.06 Å². The van der Waals surface area contributed by atoms with E-state index in [0.717, 1.165) is 7.11 Å². The SMILES string of the molecule is COC(=O)C(CN)ON1C(=O)c2ccccc2C1=O. The van der Waals surface area contributed by atoms with Crippen molar-refractivity contribution in [2.24, 2.45) is 5.73 Å². The Labute approximate surface area is 108 Å². The quantitative estimate of drug-likeness (QED) is 0.593. The first-order chi connectivity index (χ1) is 9.10. The molecule has 0 bridgehead atoms. The molecule has 0 saturated heterocycles. The Morgan fingerprint density at radius 2 is 1.79 bits per heavy atom. The third-order valence-electron chi connectivity index (χ3n) is 2.67. The molecule has 0 saturated carbocycles. The van der Waals surface area contributed by atoms with Crippen molar-refractivity contribution in [2.75, 3.05) is 13.7 Å². The molecule has 1 aliphatic rings. The van der Waals surface area contributed by atoms with Gasteiger partial charge in [-0.2, -0.15) is 0 Å². The predicted molar refractivity (Wildman–Crippen MR) is 62.9 cm³/mol. The van der Waals surface area contributed by atoms with Gasteiger partial charge in [0.05, 0.1) is 18.2 Å². The Bertz CT molecular complexity index is 508. The van der Waals surface area contributed by atoms with E-state index >= 15 is 0 Å². The summed E-state index contributed by atoms with van der Waals surface area (Å²) in [6.07, 6.45) is -1.20. The van der Waals surface area contributed by atoms with Crippen LogP contribution in [-0.2, 0) is 14.4 Å². The summed E-state index contributed by atoms with van der Waals surface area (Å²) in [5, 5.41) is 0.541. The molecule has 1 aromatic carbocycles. The van der Waals surface area contributed by atoms with E-state index in [1.807, 2.05) is 0 Å². The molecule has 0 aliphatic carbocycles. The number of hydrogen-bond acceptors (Lipinski definition) is 6. The average molecular weight is 264 g/mol. The molecule has 1 heterocycles. The number of esters is 1. The molecule has 2 N–H and O–H groups in total. The first kappa shape index (κ1) is 13.2. The summed E-state index contributed by atoms with van der Waals surface area (Å²) in [6.45, 7) is -0.208. The zero-order chi connectivity index (χ0) is 14.0. The number of carbonyl (C=O) groups is 3. The molecule has 0 spiro atoms. The van der Waals surface area contributed by atoms with Crippen molar-refractivity contribution in [1.29, 1.82) is 0 Å². The lowest BCUT2D eigenvalue weighted by Gasteiger charge is -2.19.